The Morgan fingerprint density at radius 2 is 2.04 bits per heavy atom. The predicted molar refractivity (Wildman–Crippen MR) is 86.8 cm³/mol. The van der Waals surface area contributed by atoms with Gasteiger partial charge in [-0.15, -0.1) is 0 Å². The van der Waals surface area contributed by atoms with Crippen LogP contribution in [-0.4, -0.2) is 21.2 Å². The fourth-order valence-corrected chi connectivity index (χ4v) is 2.51. The monoisotopic (exact) mass is 310 g/mol. The van der Waals surface area contributed by atoms with E-state index in [1.807, 2.05) is 6.08 Å². The first-order chi connectivity index (χ1) is 11.0. The van der Waals surface area contributed by atoms with Crippen molar-refractivity contribution in [1.29, 1.82) is 0 Å². The number of aromatic carboxylic acids is 1. The molecule has 23 heavy (non-hydrogen) atoms. The summed E-state index contributed by atoms with van der Waals surface area (Å²) in [5.41, 5.74) is 1.89. The lowest BCUT2D eigenvalue weighted by atomic mass is 9.88. The Bertz CT molecular complexity index is 770. The molecular weight excluding hydrogens is 292 g/mol. The van der Waals surface area contributed by atoms with Crippen LogP contribution in [0.4, 0.5) is 0 Å². The molecule has 0 saturated heterocycles. The highest BCUT2D eigenvalue weighted by Crippen LogP contribution is 2.28. The van der Waals surface area contributed by atoms with E-state index in [-0.39, 0.29) is 5.56 Å². The van der Waals surface area contributed by atoms with E-state index in [1.54, 1.807) is 12.1 Å². The van der Waals surface area contributed by atoms with Crippen LogP contribution in [0.2, 0.25) is 0 Å². The van der Waals surface area contributed by atoms with Crippen LogP contribution in [0, 0.1) is 11.8 Å². The lowest BCUT2D eigenvalue weighted by molar-refractivity contribution is 0.0697. The van der Waals surface area contributed by atoms with Gasteiger partial charge in [0.15, 0.2) is 0 Å². The summed E-state index contributed by atoms with van der Waals surface area (Å²) in [5, 5.41) is 12.9. The summed E-state index contributed by atoms with van der Waals surface area (Å²) in [6.45, 7) is 4.42. The molecule has 0 saturated carbocycles. The third-order valence-corrected chi connectivity index (χ3v) is 4.05. The first-order valence-electron chi connectivity index (χ1n) is 7.61. The zero-order chi connectivity index (χ0) is 16.4. The number of aromatic nitrogens is 2. The average molecular weight is 310 g/mol. The fourth-order valence-electron chi connectivity index (χ4n) is 2.51. The zero-order valence-electron chi connectivity index (χ0n) is 13.1. The van der Waals surface area contributed by atoms with Gasteiger partial charge in [0.25, 0.3) is 5.89 Å². The first-order valence-corrected chi connectivity index (χ1v) is 7.61. The van der Waals surface area contributed by atoms with Gasteiger partial charge in [-0.2, -0.15) is 4.98 Å². The number of hydrogen-bond donors (Lipinski definition) is 1. The SMILES string of the molecule is CC(C)C1C=CC(c2nc(-c3ccc(C(=O)O)cc3)no2)=CC1. The van der Waals surface area contributed by atoms with Crippen molar-refractivity contribution in [2.24, 2.45) is 11.8 Å². The molecule has 0 spiro atoms. The van der Waals surface area contributed by atoms with Crippen LogP contribution >= 0.6 is 0 Å². The zero-order valence-corrected chi connectivity index (χ0v) is 13.1. The van der Waals surface area contributed by atoms with Crippen molar-refractivity contribution in [3.05, 3.63) is 53.9 Å². The Morgan fingerprint density at radius 1 is 1.30 bits per heavy atom. The van der Waals surface area contributed by atoms with Gasteiger partial charge in [0.05, 0.1) is 5.56 Å². The second-order valence-corrected chi connectivity index (χ2v) is 5.97. The van der Waals surface area contributed by atoms with Crippen molar-refractivity contribution >= 4 is 11.5 Å². The molecule has 1 atom stereocenters. The summed E-state index contributed by atoms with van der Waals surface area (Å²) >= 11 is 0. The van der Waals surface area contributed by atoms with Crippen LogP contribution in [0.3, 0.4) is 0 Å². The van der Waals surface area contributed by atoms with Crippen molar-refractivity contribution < 1.29 is 14.4 Å². The molecule has 2 aromatic rings. The number of nitrogens with zero attached hydrogens (tertiary/aromatic N) is 2. The molecule has 0 bridgehead atoms. The molecule has 1 aliphatic rings. The normalized spacial score (nSPS) is 17.3. The Labute approximate surface area is 134 Å². The molecule has 1 aromatic carbocycles. The van der Waals surface area contributed by atoms with Crippen LogP contribution < -0.4 is 0 Å². The number of carboxylic acids is 1. The van der Waals surface area contributed by atoms with Crippen molar-refractivity contribution in [3.63, 3.8) is 0 Å². The molecule has 5 heteroatoms. The third-order valence-electron chi connectivity index (χ3n) is 4.05. The van der Waals surface area contributed by atoms with Gasteiger partial charge in [0.2, 0.25) is 5.82 Å². The highest BCUT2D eigenvalue weighted by atomic mass is 16.5. The van der Waals surface area contributed by atoms with Gasteiger partial charge in [0.1, 0.15) is 0 Å². The Kier molecular flexibility index (Phi) is 4.10. The molecule has 0 radical (unpaired) electrons. The van der Waals surface area contributed by atoms with Crippen molar-refractivity contribution in [2.45, 2.75) is 20.3 Å². The molecule has 1 aromatic heterocycles. The van der Waals surface area contributed by atoms with E-state index >= 15 is 0 Å². The molecule has 5 nitrogen and oxygen atoms in total. The number of benzene rings is 1. The average Bonchev–Trinajstić information content (AvgIpc) is 3.05. The highest BCUT2D eigenvalue weighted by Gasteiger charge is 2.17. The van der Waals surface area contributed by atoms with Gasteiger partial charge in [0, 0.05) is 11.1 Å². The van der Waals surface area contributed by atoms with Gasteiger partial charge in [-0.05, 0) is 30.4 Å². The molecule has 3 rings (SSSR count). The van der Waals surface area contributed by atoms with Crippen molar-refractivity contribution in [1.82, 2.24) is 10.1 Å². The summed E-state index contributed by atoms with van der Waals surface area (Å²) in [7, 11) is 0. The van der Waals surface area contributed by atoms with E-state index in [9.17, 15) is 4.79 Å². The summed E-state index contributed by atoms with van der Waals surface area (Å²) < 4.78 is 5.33. The standard InChI is InChI=1S/C18H18N2O3/c1-11(2)12-3-7-14(8-4-12)17-19-16(20-23-17)13-5-9-15(10-6-13)18(21)22/h3,5-12H,4H2,1-2H3,(H,21,22). The number of carbonyl (C=O) groups is 1. The van der Waals surface area contributed by atoms with Gasteiger partial charge in [-0.25, -0.2) is 4.79 Å². The van der Waals surface area contributed by atoms with Gasteiger partial charge in [-0.3, -0.25) is 0 Å². The maximum atomic E-state index is 10.9. The Hall–Kier alpha value is -2.69. The first kappa shape index (κ1) is 15.2. The quantitative estimate of drug-likeness (QED) is 0.922. The van der Waals surface area contributed by atoms with E-state index < -0.39 is 5.97 Å². The minimum Gasteiger partial charge on any atom is -0.478 e. The summed E-state index contributed by atoms with van der Waals surface area (Å²) in [6.07, 6.45) is 7.30. The van der Waals surface area contributed by atoms with Crippen LogP contribution in [0.1, 0.15) is 36.5 Å². The van der Waals surface area contributed by atoms with Gasteiger partial charge >= 0.3 is 5.97 Å². The molecule has 1 heterocycles. The molecule has 0 fully saturated rings. The molecule has 1 unspecified atom stereocenters. The fraction of sp³-hybridized carbons (Fsp3) is 0.278. The van der Waals surface area contributed by atoms with Gasteiger partial charge < -0.3 is 9.63 Å². The Morgan fingerprint density at radius 3 is 2.61 bits per heavy atom. The molecule has 1 N–H and O–H groups in total. The van der Waals surface area contributed by atoms with E-state index in [2.05, 4.69) is 36.1 Å². The van der Waals surface area contributed by atoms with Crippen LogP contribution in [-0.2, 0) is 0 Å². The molecule has 0 amide bonds. The van der Waals surface area contributed by atoms with Gasteiger partial charge in [-0.1, -0.05) is 49.4 Å². The molecule has 0 aliphatic heterocycles. The minimum absolute atomic E-state index is 0.232. The maximum absolute atomic E-state index is 10.9. The maximum Gasteiger partial charge on any atom is 0.335 e. The number of rotatable bonds is 4. The number of allylic oxidation sites excluding steroid dienone is 4. The predicted octanol–water partition coefficient (Wildman–Crippen LogP) is 4.05. The summed E-state index contributed by atoms with van der Waals surface area (Å²) in [4.78, 5) is 15.3. The lowest BCUT2D eigenvalue weighted by Crippen LogP contribution is -2.07. The van der Waals surface area contributed by atoms with E-state index in [0.717, 1.165) is 17.6 Å². The molecule has 118 valence electrons. The van der Waals surface area contributed by atoms with Crippen LogP contribution in [0.5, 0.6) is 0 Å². The van der Waals surface area contributed by atoms with E-state index in [4.69, 9.17) is 9.63 Å². The number of carboxylic acid groups (broad SMARTS) is 1. The smallest absolute Gasteiger partial charge is 0.335 e. The second-order valence-electron chi connectivity index (χ2n) is 5.97. The Balaban J connectivity index is 1.79. The lowest BCUT2D eigenvalue weighted by Gasteiger charge is -2.18. The van der Waals surface area contributed by atoms with Crippen molar-refractivity contribution in [2.75, 3.05) is 0 Å². The highest BCUT2D eigenvalue weighted by molar-refractivity contribution is 5.88. The summed E-state index contributed by atoms with van der Waals surface area (Å²) in [6, 6.07) is 6.41. The minimum atomic E-state index is -0.956. The second kappa shape index (κ2) is 6.20. The van der Waals surface area contributed by atoms with Crippen LogP contribution in [0.15, 0.2) is 47.0 Å². The third kappa shape index (κ3) is 3.23. The molecule has 1 aliphatic carbocycles. The largest absolute Gasteiger partial charge is 0.478 e. The van der Waals surface area contributed by atoms with E-state index in [0.29, 0.717) is 23.6 Å². The number of hydrogen-bond acceptors (Lipinski definition) is 4. The van der Waals surface area contributed by atoms with Crippen LogP contribution in [0.25, 0.3) is 17.0 Å². The molecular formula is C18H18N2O3. The van der Waals surface area contributed by atoms with Crippen molar-refractivity contribution in [3.8, 4) is 11.4 Å². The topological polar surface area (TPSA) is 76.2 Å². The van der Waals surface area contributed by atoms with E-state index in [1.165, 1.54) is 12.1 Å². The summed E-state index contributed by atoms with van der Waals surface area (Å²) in [5.74, 6) is 1.14.